The van der Waals surface area contributed by atoms with Crippen molar-refractivity contribution in [2.24, 2.45) is 0 Å². The minimum Gasteiger partial charge on any atom is -0.381 e. The molecule has 1 atom stereocenters. The van der Waals surface area contributed by atoms with Crippen molar-refractivity contribution in [3.63, 3.8) is 0 Å². The largest absolute Gasteiger partial charge is 0.381 e. The Bertz CT molecular complexity index is 669. The monoisotopic (exact) mass is 333 g/mol. The molecule has 8 heteroatoms. The van der Waals surface area contributed by atoms with Gasteiger partial charge >= 0.3 is 0 Å². The van der Waals surface area contributed by atoms with Crippen molar-refractivity contribution in [1.29, 1.82) is 0 Å². The van der Waals surface area contributed by atoms with E-state index in [0.717, 1.165) is 48.2 Å². The Hall–Kier alpha value is -1.93. The average Bonchev–Trinajstić information content (AvgIpc) is 3.09. The molecule has 3 rings (SSSR count). The average molecular weight is 333 g/mol. The standard InChI is InChI=1S/C15H19N5O2S/c1-2-12-13(23-20-19-12)15(21)17-8-11-5-6-16-14(18-11)10-4-3-7-22-9-10/h5-6,10H,2-4,7-9H2,1H3,(H,17,21)/t10-/m1/s1. The van der Waals surface area contributed by atoms with Gasteiger partial charge in [0.15, 0.2) is 0 Å². The maximum Gasteiger partial charge on any atom is 0.265 e. The molecular weight excluding hydrogens is 314 g/mol. The first-order valence-corrected chi connectivity index (χ1v) is 8.54. The van der Waals surface area contributed by atoms with Crippen LogP contribution in [0.2, 0.25) is 0 Å². The molecule has 2 aromatic heterocycles. The highest BCUT2D eigenvalue weighted by Crippen LogP contribution is 2.22. The van der Waals surface area contributed by atoms with Crippen molar-refractivity contribution in [3.8, 4) is 0 Å². The third-order valence-corrected chi connectivity index (χ3v) is 4.55. The van der Waals surface area contributed by atoms with Crippen LogP contribution in [-0.2, 0) is 17.7 Å². The van der Waals surface area contributed by atoms with Gasteiger partial charge in [-0.1, -0.05) is 11.4 Å². The van der Waals surface area contributed by atoms with Gasteiger partial charge in [-0.25, -0.2) is 9.97 Å². The van der Waals surface area contributed by atoms with Crippen LogP contribution in [0.3, 0.4) is 0 Å². The molecular formula is C15H19N5O2S. The lowest BCUT2D eigenvalue weighted by atomic mass is 10.0. The van der Waals surface area contributed by atoms with Gasteiger partial charge in [0.1, 0.15) is 10.7 Å². The first-order valence-electron chi connectivity index (χ1n) is 7.77. The maximum atomic E-state index is 12.2. The van der Waals surface area contributed by atoms with Gasteiger partial charge in [-0.3, -0.25) is 4.79 Å². The molecule has 0 bridgehead atoms. The minimum atomic E-state index is -0.155. The lowest BCUT2D eigenvalue weighted by molar-refractivity contribution is 0.0779. The van der Waals surface area contributed by atoms with Crippen LogP contribution in [0.1, 0.15) is 52.6 Å². The highest BCUT2D eigenvalue weighted by atomic mass is 32.1. The second kappa shape index (κ2) is 7.56. The zero-order valence-corrected chi connectivity index (χ0v) is 13.8. The third-order valence-electron chi connectivity index (χ3n) is 3.78. The molecule has 0 unspecified atom stereocenters. The van der Waals surface area contributed by atoms with E-state index >= 15 is 0 Å². The summed E-state index contributed by atoms with van der Waals surface area (Å²) in [5.74, 6) is 0.889. The minimum absolute atomic E-state index is 0.155. The number of amides is 1. The van der Waals surface area contributed by atoms with Gasteiger partial charge in [0.05, 0.1) is 24.5 Å². The van der Waals surface area contributed by atoms with Crippen molar-refractivity contribution in [3.05, 3.63) is 34.4 Å². The Morgan fingerprint density at radius 1 is 1.52 bits per heavy atom. The Morgan fingerprint density at radius 3 is 3.22 bits per heavy atom. The van der Waals surface area contributed by atoms with Crippen molar-refractivity contribution in [2.45, 2.75) is 38.6 Å². The van der Waals surface area contributed by atoms with E-state index < -0.39 is 0 Å². The van der Waals surface area contributed by atoms with Crippen LogP contribution in [-0.4, -0.2) is 38.7 Å². The Morgan fingerprint density at radius 2 is 2.43 bits per heavy atom. The Kier molecular flexibility index (Phi) is 5.24. The molecule has 23 heavy (non-hydrogen) atoms. The second-order valence-electron chi connectivity index (χ2n) is 5.41. The maximum absolute atomic E-state index is 12.2. The summed E-state index contributed by atoms with van der Waals surface area (Å²) in [5.41, 5.74) is 1.53. The smallest absolute Gasteiger partial charge is 0.265 e. The van der Waals surface area contributed by atoms with Crippen LogP contribution in [0, 0.1) is 0 Å². The van der Waals surface area contributed by atoms with Crippen LogP contribution in [0.5, 0.6) is 0 Å². The fourth-order valence-corrected chi connectivity index (χ4v) is 3.18. The summed E-state index contributed by atoms with van der Waals surface area (Å²) in [6, 6.07) is 1.82. The predicted octanol–water partition coefficient (Wildman–Crippen LogP) is 1.71. The number of nitrogens with zero attached hydrogens (tertiary/aromatic N) is 4. The number of carbonyl (C=O) groups is 1. The number of hydrogen-bond donors (Lipinski definition) is 1. The lowest BCUT2D eigenvalue weighted by Gasteiger charge is -2.20. The SMILES string of the molecule is CCc1nnsc1C(=O)NCc1ccnc([C@@H]2CCCOC2)n1. The van der Waals surface area contributed by atoms with Gasteiger partial charge in [0, 0.05) is 18.7 Å². The summed E-state index contributed by atoms with van der Waals surface area (Å²) in [6.45, 7) is 3.80. The van der Waals surface area contributed by atoms with Crippen LogP contribution in [0.15, 0.2) is 12.3 Å². The van der Waals surface area contributed by atoms with Crippen LogP contribution in [0.4, 0.5) is 0 Å². The van der Waals surface area contributed by atoms with Gasteiger partial charge in [-0.05, 0) is 36.9 Å². The molecule has 1 aliphatic heterocycles. The van der Waals surface area contributed by atoms with E-state index in [-0.39, 0.29) is 11.8 Å². The molecule has 2 aromatic rings. The van der Waals surface area contributed by atoms with Gasteiger partial charge in [-0.15, -0.1) is 5.10 Å². The van der Waals surface area contributed by atoms with E-state index in [2.05, 4.69) is 24.9 Å². The summed E-state index contributed by atoms with van der Waals surface area (Å²) < 4.78 is 9.32. The van der Waals surface area contributed by atoms with Gasteiger partial charge < -0.3 is 10.1 Å². The molecule has 0 saturated carbocycles. The molecule has 7 nitrogen and oxygen atoms in total. The summed E-state index contributed by atoms with van der Waals surface area (Å²) in [4.78, 5) is 21.7. The fraction of sp³-hybridized carbons (Fsp3) is 0.533. The van der Waals surface area contributed by atoms with E-state index in [1.54, 1.807) is 6.20 Å². The second-order valence-corrected chi connectivity index (χ2v) is 6.16. The molecule has 3 heterocycles. The van der Waals surface area contributed by atoms with E-state index in [4.69, 9.17) is 4.74 Å². The summed E-state index contributed by atoms with van der Waals surface area (Å²) in [7, 11) is 0. The van der Waals surface area contributed by atoms with E-state index in [9.17, 15) is 4.79 Å². The molecule has 1 N–H and O–H groups in total. The number of rotatable bonds is 5. The van der Waals surface area contributed by atoms with E-state index in [1.807, 2.05) is 13.0 Å². The number of aromatic nitrogens is 4. The molecule has 0 spiro atoms. The van der Waals surface area contributed by atoms with E-state index in [0.29, 0.717) is 24.4 Å². The fourth-order valence-electron chi connectivity index (χ4n) is 2.52. The molecule has 0 aliphatic carbocycles. The molecule has 1 fully saturated rings. The van der Waals surface area contributed by atoms with Crippen molar-refractivity contribution in [1.82, 2.24) is 24.9 Å². The highest BCUT2D eigenvalue weighted by Gasteiger charge is 2.19. The molecule has 122 valence electrons. The Labute approximate surface area is 138 Å². The highest BCUT2D eigenvalue weighted by molar-refractivity contribution is 7.08. The molecule has 1 amide bonds. The molecule has 1 aliphatic rings. The van der Waals surface area contributed by atoms with E-state index in [1.165, 1.54) is 0 Å². The molecule has 0 radical (unpaired) electrons. The van der Waals surface area contributed by atoms with Gasteiger partial charge in [0.25, 0.3) is 5.91 Å². The van der Waals surface area contributed by atoms with Crippen molar-refractivity contribution in [2.75, 3.05) is 13.2 Å². The van der Waals surface area contributed by atoms with Gasteiger partial charge in [-0.2, -0.15) is 0 Å². The normalized spacial score (nSPS) is 17.9. The number of aryl methyl sites for hydroxylation is 1. The third kappa shape index (κ3) is 3.89. The first-order chi connectivity index (χ1) is 11.3. The Balaban J connectivity index is 1.63. The summed E-state index contributed by atoms with van der Waals surface area (Å²) in [6.07, 6.45) is 4.51. The molecule has 1 saturated heterocycles. The zero-order chi connectivity index (χ0) is 16.1. The zero-order valence-electron chi connectivity index (χ0n) is 13.0. The number of carbonyl (C=O) groups excluding carboxylic acids is 1. The lowest BCUT2D eigenvalue weighted by Crippen LogP contribution is -2.24. The van der Waals surface area contributed by atoms with Crippen LogP contribution < -0.4 is 5.32 Å². The summed E-state index contributed by atoms with van der Waals surface area (Å²) >= 11 is 1.12. The number of ether oxygens (including phenoxy) is 1. The van der Waals surface area contributed by atoms with Crippen LogP contribution >= 0.6 is 11.5 Å². The topological polar surface area (TPSA) is 89.9 Å². The first kappa shape index (κ1) is 15.9. The van der Waals surface area contributed by atoms with Gasteiger partial charge in [0.2, 0.25) is 0 Å². The summed E-state index contributed by atoms with van der Waals surface area (Å²) in [5, 5.41) is 6.83. The quantitative estimate of drug-likeness (QED) is 0.896. The van der Waals surface area contributed by atoms with Crippen molar-refractivity contribution >= 4 is 17.4 Å². The number of hydrogen-bond acceptors (Lipinski definition) is 7. The number of nitrogens with one attached hydrogen (secondary N) is 1. The van der Waals surface area contributed by atoms with Crippen LogP contribution in [0.25, 0.3) is 0 Å². The van der Waals surface area contributed by atoms with Crippen molar-refractivity contribution < 1.29 is 9.53 Å². The molecule has 0 aromatic carbocycles. The predicted molar refractivity (Wildman–Crippen MR) is 85.3 cm³/mol.